The molecule has 0 aliphatic rings. The molecule has 1 N–H and O–H groups in total. The molecule has 0 unspecified atom stereocenters. The first-order valence-corrected chi connectivity index (χ1v) is 6.52. The second kappa shape index (κ2) is 5.07. The SMILES string of the molecule is CN(Cc1nc2ccccc2c(=O)[nH]1)C(=O)C(C)(C)C. The van der Waals surface area contributed by atoms with Crippen molar-refractivity contribution in [3.05, 3.63) is 40.4 Å². The summed E-state index contributed by atoms with van der Waals surface area (Å²) in [6, 6.07) is 7.16. The highest BCUT2D eigenvalue weighted by Gasteiger charge is 2.25. The van der Waals surface area contributed by atoms with E-state index in [0.29, 0.717) is 16.7 Å². The van der Waals surface area contributed by atoms with Crippen molar-refractivity contribution in [3.63, 3.8) is 0 Å². The molecular weight excluding hydrogens is 254 g/mol. The lowest BCUT2D eigenvalue weighted by molar-refractivity contribution is -0.138. The van der Waals surface area contributed by atoms with Gasteiger partial charge in [-0.1, -0.05) is 32.9 Å². The minimum absolute atomic E-state index is 0.00769. The molecule has 1 amide bonds. The van der Waals surface area contributed by atoms with E-state index in [4.69, 9.17) is 0 Å². The smallest absolute Gasteiger partial charge is 0.258 e. The Labute approximate surface area is 117 Å². The molecule has 0 spiro atoms. The Kier molecular flexibility index (Phi) is 3.61. The molecule has 106 valence electrons. The number of carbonyl (C=O) groups is 1. The van der Waals surface area contributed by atoms with Crippen molar-refractivity contribution in [3.8, 4) is 0 Å². The summed E-state index contributed by atoms with van der Waals surface area (Å²) < 4.78 is 0. The molecule has 0 fully saturated rings. The quantitative estimate of drug-likeness (QED) is 0.909. The molecule has 0 aliphatic carbocycles. The molecule has 2 rings (SSSR count). The average Bonchev–Trinajstić information content (AvgIpc) is 2.36. The third kappa shape index (κ3) is 2.87. The lowest BCUT2D eigenvalue weighted by atomic mass is 9.95. The monoisotopic (exact) mass is 273 g/mol. The van der Waals surface area contributed by atoms with E-state index in [1.165, 1.54) is 0 Å². The van der Waals surface area contributed by atoms with Crippen molar-refractivity contribution in [1.82, 2.24) is 14.9 Å². The Balaban J connectivity index is 2.31. The zero-order chi connectivity index (χ0) is 14.9. The predicted octanol–water partition coefficient (Wildman–Crippen LogP) is 1.93. The molecule has 1 aromatic carbocycles. The van der Waals surface area contributed by atoms with Gasteiger partial charge in [0.25, 0.3) is 5.56 Å². The summed E-state index contributed by atoms with van der Waals surface area (Å²) in [5, 5.41) is 0.557. The van der Waals surface area contributed by atoms with Gasteiger partial charge in [-0.05, 0) is 12.1 Å². The summed E-state index contributed by atoms with van der Waals surface area (Å²) in [6.07, 6.45) is 0. The zero-order valence-corrected chi connectivity index (χ0v) is 12.2. The first-order valence-electron chi connectivity index (χ1n) is 6.52. The minimum atomic E-state index is -0.452. The van der Waals surface area contributed by atoms with Crippen molar-refractivity contribution < 1.29 is 4.79 Å². The summed E-state index contributed by atoms with van der Waals surface area (Å²) >= 11 is 0. The minimum Gasteiger partial charge on any atom is -0.338 e. The number of carbonyl (C=O) groups excluding carboxylic acids is 1. The van der Waals surface area contributed by atoms with Crippen LogP contribution in [0.2, 0.25) is 0 Å². The fraction of sp³-hybridized carbons (Fsp3) is 0.400. The zero-order valence-electron chi connectivity index (χ0n) is 12.2. The number of nitrogens with zero attached hydrogens (tertiary/aromatic N) is 2. The average molecular weight is 273 g/mol. The summed E-state index contributed by atoms with van der Waals surface area (Å²) in [7, 11) is 1.71. The molecule has 0 atom stereocenters. The first kappa shape index (κ1) is 14.2. The van der Waals surface area contributed by atoms with Crippen molar-refractivity contribution in [1.29, 1.82) is 0 Å². The molecule has 0 radical (unpaired) electrons. The summed E-state index contributed by atoms with van der Waals surface area (Å²) in [4.78, 5) is 32.8. The lowest BCUT2D eigenvalue weighted by Gasteiger charge is -2.25. The number of H-pyrrole nitrogens is 1. The molecule has 0 saturated carbocycles. The van der Waals surface area contributed by atoms with Crippen LogP contribution in [-0.4, -0.2) is 27.8 Å². The predicted molar refractivity (Wildman–Crippen MR) is 78.3 cm³/mol. The van der Waals surface area contributed by atoms with Gasteiger partial charge >= 0.3 is 0 Å². The van der Waals surface area contributed by atoms with Gasteiger partial charge in [-0.15, -0.1) is 0 Å². The molecule has 20 heavy (non-hydrogen) atoms. The molecule has 5 nitrogen and oxygen atoms in total. The van der Waals surface area contributed by atoms with Gasteiger partial charge in [-0.25, -0.2) is 4.98 Å². The number of benzene rings is 1. The van der Waals surface area contributed by atoms with Crippen molar-refractivity contribution >= 4 is 16.8 Å². The number of aromatic amines is 1. The summed E-state index contributed by atoms with van der Waals surface area (Å²) in [5.74, 6) is 0.502. The maximum atomic E-state index is 12.1. The highest BCUT2D eigenvalue weighted by molar-refractivity contribution is 5.81. The van der Waals surface area contributed by atoms with Gasteiger partial charge in [0.05, 0.1) is 17.4 Å². The maximum Gasteiger partial charge on any atom is 0.258 e. The van der Waals surface area contributed by atoms with E-state index in [9.17, 15) is 9.59 Å². The van der Waals surface area contributed by atoms with Crippen LogP contribution in [0.3, 0.4) is 0 Å². The molecule has 5 heteroatoms. The van der Waals surface area contributed by atoms with Gasteiger partial charge in [0.15, 0.2) is 0 Å². The number of rotatable bonds is 2. The molecule has 0 saturated heterocycles. The van der Waals surface area contributed by atoms with Gasteiger partial charge in [-0.2, -0.15) is 0 Å². The van der Waals surface area contributed by atoms with Gasteiger partial charge in [0.2, 0.25) is 5.91 Å². The second-order valence-electron chi connectivity index (χ2n) is 5.94. The van der Waals surface area contributed by atoms with Crippen molar-refractivity contribution in [2.75, 3.05) is 7.05 Å². The van der Waals surface area contributed by atoms with Crippen LogP contribution in [0.5, 0.6) is 0 Å². The van der Waals surface area contributed by atoms with Gasteiger partial charge in [0.1, 0.15) is 5.82 Å². The van der Waals surface area contributed by atoms with Crippen molar-refractivity contribution in [2.45, 2.75) is 27.3 Å². The van der Waals surface area contributed by atoms with Gasteiger partial charge in [0, 0.05) is 12.5 Å². The molecule has 0 aliphatic heterocycles. The van der Waals surface area contributed by atoms with E-state index in [1.807, 2.05) is 26.8 Å². The number of hydrogen-bond donors (Lipinski definition) is 1. The molecule has 2 aromatic rings. The lowest BCUT2D eigenvalue weighted by Crippen LogP contribution is -2.37. The van der Waals surface area contributed by atoms with Crippen molar-refractivity contribution in [2.24, 2.45) is 5.41 Å². The Morgan fingerprint density at radius 2 is 1.95 bits per heavy atom. The largest absolute Gasteiger partial charge is 0.338 e. The number of nitrogens with one attached hydrogen (secondary N) is 1. The molecular formula is C15H19N3O2. The van der Waals surface area contributed by atoms with Gasteiger partial charge < -0.3 is 9.88 Å². The number of para-hydroxylation sites is 1. The summed E-state index contributed by atoms with van der Waals surface area (Å²) in [6.45, 7) is 5.88. The van der Waals surface area contributed by atoms with Crippen LogP contribution in [0.15, 0.2) is 29.1 Å². The van der Waals surface area contributed by atoms with E-state index in [0.717, 1.165) is 0 Å². The number of amides is 1. The first-order chi connectivity index (χ1) is 9.29. The molecule has 1 aromatic heterocycles. The normalized spacial score (nSPS) is 11.6. The van der Waals surface area contributed by atoms with Crippen LogP contribution < -0.4 is 5.56 Å². The Bertz CT molecular complexity index is 698. The van der Waals surface area contributed by atoms with E-state index in [-0.39, 0.29) is 18.0 Å². The number of aromatic nitrogens is 2. The highest BCUT2D eigenvalue weighted by atomic mass is 16.2. The van der Waals surface area contributed by atoms with E-state index in [2.05, 4.69) is 9.97 Å². The Hall–Kier alpha value is -2.17. The standard InChI is InChI=1S/C15H19N3O2/c1-15(2,3)14(20)18(4)9-12-16-11-8-6-5-7-10(11)13(19)17-12/h5-8H,9H2,1-4H3,(H,16,17,19). The van der Waals surface area contributed by atoms with Crippen LogP contribution >= 0.6 is 0 Å². The summed E-state index contributed by atoms with van der Waals surface area (Å²) in [5.41, 5.74) is 0.0105. The fourth-order valence-electron chi connectivity index (χ4n) is 2.08. The fourth-order valence-corrected chi connectivity index (χ4v) is 2.08. The van der Waals surface area contributed by atoms with Crippen LogP contribution in [0.25, 0.3) is 10.9 Å². The number of hydrogen-bond acceptors (Lipinski definition) is 3. The topological polar surface area (TPSA) is 66.1 Å². The second-order valence-corrected chi connectivity index (χ2v) is 5.94. The number of fused-ring (bicyclic) bond motifs is 1. The van der Waals surface area contributed by atoms with E-state index >= 15 is 0 Å². The third-order valence-electron chi connectivity index (χ3n) is 3.04. The van der Waals surface area contributed by atoms with Crippen LogP contribution in [0.1, 0.15) is 26.6 Å². The van der Waals surface area contributed by atoms with Crippen LogP contribution in [0.4, 0.5) is 0 Å². The van der Waals surface area contributed by atoms with Gasteiger partial charge in [-0.3, -0.25) is 9.59 Å². The van der Waals surface area contributed by atoms with E-state index in [1.54, 1.807) is 30.1 Å². The molecule has 0 bridgehead atoms. The Morgan fingerprint density at radius 1 is 1.30 bits per heavy atom. The molecule has 1 heterocycles. The maximum absolute atomic E-state index is 12.1. The highest BCUT2D eigenvalue weighted by Crippen LogP contribution is 2.17. The van der Waals surface area contributed by atoms with Crippen LogP contribution in [0, 0.1) is 5.41 Å². The van der Waals surface area contributed by atoms with Crippen LogP contribution in [-0.2, 0) is 11.3 Å². The Morgan fingerprint density at radius 3 is 2.60 bits per heavy atom. The van der Waals surface area contributed by atoms with E-state index < -0.39 is 5.41 Å². The third-order valence-corrected chi connectivity index (χ3v) is 3.04.